The SMILES string of the molecule is Cc1cccc(C)c1NC(=O)c1ccccc1I. The Balaban J connectivity index is 2.30. The van der Waals surface area contributed by atoms with E-state index >= 15 is 0 Å². The van der Waals surface area contributed by atoms with Crippen LogP contribution in [0.25, 0.3) is 0 Å². The van der Waals surface area contributed by atoms with Crippen molar-refractivity contribution in [3.05, 3.63) is 62.7 Å². The average molecular weight is 351 g/mol. The summed E-state index contributed by atoms with van der Waals surface area (Å²) in [5, 5.41) is 2.99. The van der Waals surface area contributed by atoms with Crippen LogP contribution >= 0.6 is 22.6 Å². The van der Waals surface area contributed by atoms with Crippen molar-refractivity contribution in [2.45, 2.75) is 13.8 Å². The second kappa shape index (κ2) is 5.52. The molecule has 2 nitrogen and oxygen atoms in total. The number of hydrogen-bond acceptors (Lipinski definition) is 1. The molecule has 2 rings (SSSR count). The van der Waals surface area contributed by atoms with E-state index in [4.69, 9.17) is 0 Å². The molecular formula is C15H14INO. The van der Waals surface area contributed by atoms with Crippen LogP contribution in [0.3, 0.4) is 0 Å². The van der Waals surface area contributed by atoms with Crippen molar-refractivity contribution in [2.75, 3.05) is 5.32 Å². The van der Waals surface area contributed by atoms with Gasteiger partial charge in [0.15, 0.2) is 0 Å². The lowest BCUT2D eigenvalue weighted by molar-refractivity contribution is 0.102. The van der Waals surface area contributed by atoms with Gasteiger partial charge in [-0.15, -0.1) is 0 Å². The number of carbonyl (C=O) groups is 1. The van der Waals surface area contributed by atoms with Gasteiger partial charge in [-0.05, 0) is 59.7 Å². The van der Waals surface area contributed by atoms with E-state index < -0.39 is 0 Å². The summed E-state index contributed by atoms with van der Waals surface area (Å²) < 4.78 is 0.957. The van der Waals surface area contributed by atoms with Crippen molar-refractivity contribution >= 4 is 34.2 Å². The van der Waals surface area contributed by atoms with Gasteiger partial charge in [0, 0.05) is 9.26 Å². The molecule has 0 aromatic heterocycles. The van der Waals surface area contributed by atoms with Crippen molar-refractivity contribution in [3.63, 3.8) is 0 Å². The molecule has 0 unspecified atom stereocenters. The van der Waals surface area contributed by atoms with Crippen LogP contribution in [0.4, 0.5) is 5.69 Å². The Bertz CT molecular complexity index is 573. The summed E-state index contributed by atoms with van der Waals surface area (Å²) >= 11 is 2.17. The molecule has 1 N–H and O–H groups in total. The van der Waals surface area contributed by atoms with Crippen LogP contribution in [0, 0.1) is 17.4 Å². The Morgan fingerprint density at radius 3 is 2.22 bits per heavy atom. The molecule has 0 aliphatic heterocycles. The van der Waals surface area contributed by atoms with Crippen LogP contribution in [0.2, 0.25) is 0 Å². The van der Waals surface area contributed by atoms with Gasteiger partial charge in [0.1, 0.15) is 0 Å². The fourth-order valence-electron chi connectivity index (χ4n) is 1.84. The minimum atomic E-state index is -0.0580. The standard InChI is InChI=1S/C15H14INO/c1-10-6-5-7-11(2)14(10)17-15(18)12-8-3-4-9-13(12)16/h3-9H,1-2H3,(H,17,18). The summed E-state index contributed by atoms with van der Waals surface area (Å²) in [6.45, 7) is 4.00. The molecule has 0 radical (unpaired) electrons. The Morgan fingerprint density at radius 1 is 1.00 bits per heavy atom. The van der Waals surface area contributed by atoms with Gasteiger partial charge in [0.2, 0.25) is 0 Å². The molecule has 1 amide bonds. The molecule has 0 bridgehead atoms. The molecule has 0 aliphatic rings. The number of halogens is 1. The van der Waals surface area contributed by atoms with E-state index in [0.717, 1.165) is 20.4 Å². The molecule has 0 saturated heterocycles. The molecule has 0 atom stereocenters. The molecule has 0 aliphatic carbocycles. The minimum absolute atomic E-state index is 0.0580. The van der Waals surface area contributed by atoms with Crippen LogP contribution < -0.4 is 5.32 Å². The van der Waals surface area contributed by atoms with Crippen molar-refractivity contribution in [1.82, 2.24) is 0 Å². The van der Waals surface area contributed by atoms with E-state index in [-0.39, 0.29) is 5.91 Å². The van der Waals surface area contributed by atoms with E-state index in [9.17, 15) is 4.79 Å². The number of benzene rings is 2. The quantitative estimate of drug-likeness (QED) is 0.809. The zero-order valence-electron chi connectivity index (χ0n) is 10.3. The molecule has 3 heteroatoms. The summed E-state index contributed by atoms with van der Waals surface area (Å²) in [6, 6.07) is 13.6. The topological polar surface area (TPSA) is 29.1 Å². The lowest BCUT2D eigenvalue weighted by Crippen LogP contribution is -2.15. The van der Waals surface area contributed by atoms with E-state index in [2.05, 4.69) is 27.9 Å². The fraction of sp³-hybridized carbons (Fsp3) is 0.133. The van der Waals surface area contributed by atoms with E-state index in [1.807, 2.05) is 56.3 Å². The zero-order valence-corrected chi connectivity index (χ0v) is 12.5. The van der Waals surface area contributed by atoms with Crippen LogP contribution in [0.5, 0.6) is 0 Å². The number of carbonyl (C=O) groups excluding carboxylic acids is 1. The van der Waals surface area contributed by atoms with Gasteiger partial charge in [-0.2, -0.15) is 0 Å². The molecule has 0 heterocycles. The maximum atomic E-state index is 12.2. The third-order valence-electron chi connectivity index (χ3n) is 2.84. The highest BCUT2D eigenvalue weighted by atomic mass is 127. The first kappa shape index (κ1) is 13.1. The van der Waals surface area contributed by atoms with Gasteiger partial charge >= 0.3 is 0 Å². The Morgan fingerprint density at radius 2 is 1.61 bits per heavy atom. The average Bonchev–Trinajstić information content (AvgIpc) is 2.34. The number of rotatable bonds is 2. The van der Waals surface area contributed by atoms with Gasteiger partial charge in [-0.1, -0.05) is 30.3 Å². The summed E-state index contributed by atoms with van der Waals surface area (Å²) in [7, 11) is 0. The Kier molecular flexibility index (Phi) is 4.01. The zero-order chi connectivity index (χ0) is 13.1. The number of amides is 1. The largest absolute Gasteiger partial charge is 0.321 e. The van der Waals surface area contributed by atoms with Crippen molar-refractivity contribution < 1.29 is 4.79 Å². The highest BCUT2D eigenvalue weighted by Crippen LogP contribution is 2.21. The van der Waals surface area contributed by atoms with Crippen molar-refractivity contribution in [3.8, 4) is 0 Å². The number of anilines is 1. The van der Waals surface area contributed by atoms with Gasteiger partial charge in [-0.3, -0.25) is 4.79 Å². The second-order valence-corrected chi connectivity index (χ2v) is 5.36. The van der Waals surface area contributed by atoms with Gasteiger partial charge < -0.3 is 5.32 Å². The number of aryl methyl sites for hydroxylation is 2. The van der Waals surface area contributed by atoms with Gasteiger partial charge in [0.05, 0.1) is 5.56 Å². The fourth-order valence-corrected chi connectivity index (χ4v) is 2.47. The summed E-state index contributed by atoms with van der Waals surface area (Å²) in [6.07, 6.45) is 0. The maximum Gasteiger partial charge on any atom is 0.256 e. The molecule has 92 valence electrons. The number of hydrogen-bond donors (Lipinski definition) is 1. The third kappa shape index (κ3) is 2.72. The first-order chi connectivity index (χ1) is 8.59. The first-order valence-corrected chi connectivity index (χ1v) is 6.79. The predicted octanol–water partition coefficient (Wildman–Crippen LogP) is 4.16. The smallest absolute Gasteiger partial charge is 0.256 e. The van der Waals surface area contributed by atoms with Crippen LogP contribution in [0.1, 0.15) is 21.5 Å². The molecule has 2 aromatic carbocycles. The maximum absolute atomic E-state index is 12.2. The first-order valence-electron chi connectivity index (χ1n) is 5.71. The predicted molar refractivity (Wildman–Crippen MR) is 83.0 cm³/mol. The highest BCUT2D eigenvalue weighted by Gasteiger charge is 2.11. The summed E-state index contributed by atoms with van der Waals surface area (Å²) in [5.74, 6) is -0.0580. The number of para-hydroxylation sites is 1. The van der Waals surface area contributed by atoms with Crippen LogP contribution in [-0.2, 0) is 0 Å². The van der Waals surface area contributed by atoms with Crippen molar-refractivity contribution in [2.24, 2.45) is 0 Å². The van der Waals surface area contributed by atoms with Crippen LogP contribution in [-0.4, -0.2) is 5.91 Å². The monoisotopic (exact) mass is 351 g/mol. The second-order valence-electron chi connectivity index (χ2n) is 4.20. The third-order valence-corrected chi connectivity index (χ3v) is 3.78. The van der Waals surface area contributed by atoms with E-state index in [1.165, 1.54) is 0 Å². The van der Waals surface area contributed by atoms with Gasteiger partial charge in [0.25, 0.3) is 5.91 Å². The minimum Gasteiger partial charge on any atom is -0.321 e. The summed E-state index contributed by atoms with van der Waals surface area (Å²) in [4.78, 5) is 12.2. The van der Waals surface area contributed by atoms with E-state index in [1.54, 1.807) is 0 Å². The Hall–Kier alpha value is -1.36. The molecule has 0 fully saturated rings. The lowest BCUT2D eigenvalue weighted by atomic mass is 10.1. The molecule has 2 aromatic rings. The van der Waals surface area contributed by atoms with Crippen molar-refractivity contribution in [1.29, 1.82) is 0 Å². The lowest BCUT2D eigenvalue weighted by Gasteiger charge is -2.12. The molecule has 0 saturated carbocycles. The Labute approximate surface area is 121 Å². The van der Waals surface area contributed by atoms with Gasteiger partial charge in [-0.25, -0.2) is 0 Å². The molecule has 18 heavy (non-hydrogen) atoms. The van der Waals surface area contributed by atoms with Crippen LogP contribution in [0.15, 0.2) is 42.5 Å². The molecular weight excluding hydrogens is 337 g/mol. The van der Waals surface area contributed by atoms with E-state index in [0.29, 0.717) is 5.56 Å². The number of nitrogens with one attached hydrogen (secondary N) is 1. The normalized spacial score (nSPS) is 10.2. The highest BCUT2D eigenvalue weighted by molar-refractivity contribution is 14.1. The molecule has 0 spiro atoms. The summed E-state index contributed by atoms with van der Waals surface area (Å²) in [5.41, 5.74) is 3.77.